The van der Waals surface area contributed by atoms with Crippen LogP contribution < -0.4 is 5.32 Å². The van der Waals surface area contributed by atoms with E-state index in [0.717, 1.165) is 29.9 Å². The third-order valence-electron chi connectivity index (χ3n) is 5.17. The van der Waals surface area contributed by atoms with Crippen LogP contribution in [0.5, 0.6) is 0 Å². The van der Waals surface area contributed by atoms with Gasteiger partial charge in [0.1, 0.15) is 11.5 Å². The molecule has 0 aliphatic heterocycles. The first-order valence-corrected chi connectivity index (χ1v) is 9.60. The molecule has 0 spiro atoms. The van der Waals surface area contributed by atoms with Crippen molar-refractivity contribution in [3.8, 4) is 0 Å². The predicted molar refractivity (Wildman–Crippen MR) is 113 cm³/mol. The number of nitrogens with zero attached hydrogens (tertiary/aromatic N) is 3. The maximum atomic E-state index is 14.4. The van der Waals surface area contributed by atoms with Gasteiger partial charge in [0, 0.05) is 48.7 Å². The molecule has 2 aromatic carbocycles. The van der Waals surface area contributed by atoms with Gasteiger partial charge in [0.25, 0.3) is 0 Å². The largest absolute Gasteiger partial charge is 0.324 e. The SMILES string of the molecule is CNCc1ccc(CN(C)CCn2c3ccccc3c3cccnc32)c(F)c1. The van der Waals surface area contributed by atoms with Gasteiger partial charge in [-0.3, -0.25) is 0 Å². The smallest absolute Gasteiger partial charge is 0.140 e. The number of nitrogens with one attached hydrogen (secondary N) is 1. The molecule has 5 heteroatoms. The number of likely N-dealkylation sites (N-methyl/N-ethyl adjacent to an activating group) is 1. The molecule has 0 bridgehead atoms. The van der Waals surface area contributed by atoms with Gasteiger partial charge in [-0.05, 0) is 43.9 Å². The summed E-state index contributed by atoms with van der Waals surface area (Å²) >= 11 is 0. The Hall–Kier alpha value is -2.76. The van der Waals surface area contributed by atoms with Crippen LogP contribution in [0.1, 0.15) is 11.1 Å². The second-order valence-electron chi connectivity index (χ2n) is 7.24. The van der Waals surface area contributed by atoms with Crippen molar-refractivity contribution >= 4 is 21.9 Å². The molecule has 2 aromatic heterocycles. The summed E-state index contributed by atoms with van der Waals surface area (Å²) in [5, 5.41) is 5.45. The van der Waals surface area contributed by atoms with Gasteiger partial charge in [0.05, 0.1) is 5.52 Å². The van der Waals surface area contributed by atoms with E-state index in [2.05, 4.69) is 50.1 Å². The predicted octanol–water partition coefficient (Wildman–Crippen LogP) is 4.18. The van der Waals surface area contributed by atoms with E-state index in [1.807, 2.05) is 38.5 Å². The number of para-hydroxylation sites is 1. The van der Waals surface area contributed by atoms with Gasteiger partial charge >= 0.3 is 0 Å². The van der Waals surface area contributed by atoms with Crippen LogP contribution in [-0.2, 0) is 19.6 Å². The van der Waals surface area contributed by atoms with E-state index in [1.165, 1.54) is 16.3 Å². The lowest BCUT2D eigenvalue weighted by Crippen LogP contribution is -2.23. The summed E-state index contributed by atoms with van der Waals surface area (Å²) in [5.74, 6) is -0.141. The van der Waals surface area contributed by atoms with Crippen molar-refractivity contribution < 1.29 is 4.39 Å². The van der Waals surface area contributed by atoms with E-state index in [4.69, 9.17) is 0 Å². The molecule has 0 saturated carbocycles. The molecule has 0 fully saturated rings. The van der Waals surface area contributed by atoms with Crippen molar-refractivity contribution in [2.45, 2.75) is 19.6 Å². The minimum Gasteiger partial charge on any atom is -0.324 e. The molecule has 0 aliphatic carbocycles. The lowest BCUT2D eigenvalue weighted by Gasteiger charge is -2.18. The average Bonchev–Trinajstić information content (AvgIpc) is 3.03. The lowest BCUT2D eigenvalue weighted by molar-refractivity contribution is 0.309. The molecule has 4 aromatic rings. The highest BCUT2D eigenvalue weighted by molar-refractivity contribution is 6.06. The molecule has 2 heterocycles. The Morgan fingerprint density at radius 3 is 2.71 bits per heavy atom. The van der Waals surface area contributed by atoms with Gasteiger partial charge in [-0.1, -0.05) is 30.3 Å². The van der Waals surface area contributed by atoms with Crippen molar-refractivity contribution in [1.29, 1.82) is 0 Å². The average molecular weight is 376 g/mol. The van der Waals surface area contributed by atoms with E-state index >= 15 is 0 Å². The van der Waals surface area contributed by atoms with Crippen molar-refractivity contribution in [1.82, 2.24) is 19.8 Å². The van der Waals surface area contributed by atoms with Gasteiger partial charge in [0.2, 0.25) is 0 Å². The van der Waals surface area contributed by atoms with E-state index in [0.29, 0.717) is 13.1 Å². The number of aromatic nitrogens is 2. The minimum absolute atomic E-state index is 0.141. The van der Waals surface area contributed by atoms with Crippen LogP contribution in [0.3, 0.4) is 0 Å². The first kappa shape index (κ1) is 18.6. The Labute approximate surface area is 164 Å². The highest BCUT2D eigenvalue weighted by atomic mass is 19.1. The molecule has 4 rings (SSSR count). The zero-order chi connectivity index (χ0) is 19.5. The number of hydrogen-bond donors (Lipinski definition) is 1. The van der Waals surface area contributed by atoms with Gasteiger partial charge in [0.15, 0.2) is 0 Å². The Morgan fingerprint density at radius 2 is 1.89 bits per heavy atom. The molecule has 0 aliphatic rings. The van der Waals surface area contributed by atoms with Crippen molar-refractivity contribution in [2.24, 2.45) is 0 Å². The minimum atomic E-state index is -0.141. The Morgan fingerprint density at radius 1 is 1.07 bits per heavy atom. The third kappa shape index (κ3) is 3.63. The normalized spacial score (nSPS) is 11.7. The van der Waals surface area contributed by atoms with Crippen molar-refractivity contribution in [2.75, 3.05) is 20.6 Å². The molecular formula is C23H25FN4. The van der Waals surface area contributed by atoms with Crippen molar-refractivity contribution in [3.05, 3.63) is 77.7 Å². The first-order valence-electron chi connectivity index (χ1n) is 9.60. The van der Waals surface area contributed by atoms with Crippen LogP contribution in [0.2, 0.25) is 0 Å². The molecule has 0 unspecified atom stereocenters. The number of halogens is 1. The number of fused-ring (bicyclic) bond motifs is 3. The van der Waals surface area contributed by atoms with Gasteiger partial charge in [-0.25, -0.2) is 9.37 Å². The van der Waals surface area contributed by atoms with Gasteiger partial charge in [-0.2, -0.15) is 0 Å². The van der Waals surface area contributed by atoms with Gasteiger partial charge in [-0.15, -0.1) is 0 Å². The third-order valence-corrected chi connectivity index (χ3v) is 5.17. The Kier molecular flexibility index (Phi) is 5.37. The summed E-state index contributed by atoms with van der Waals surface area (Å²) in [4.78, 5) is 6.75. The number of benzene rings is 2. The van der Waals surface area contributed by atoms with Crippen LogP contribution in [0.4, 0.5) is 4.39 Å². The standard InChI is InChI=1S/C23H25FN4/c1-25-15-17-9-10-18(21(24)14-17)16-27(2)12-13-28-22-8-4-3-6-19(22)20-7-5-11-26-23(20)28/h3-11,14,25H,12-13,15-16H2,1-2H3. The zero-order valence-corrected chi connectivity index (χ0v) is 16.3. The molecule has 4 nitrogen and oxygen atoms in total. The fraction of sp³-hybridized carbons (Fsp3) is 0.261. The summed E-state index contributed by atoms with van der Waals surface area (Å²) in [7, 11) is 3.89. The summed E-state index contributed by atoms with van der Waals surface area (Å²) < 4.78 is 16.7. The number of rotatable bonds is 7. The second-order valence-corrected chi connectivity index (χ2v) is 7.24. The van der Waals surface area contributed by atoms with Crippen LogP contribution in [-0.4, -0.2) is 35.1 Å². The summed E-state index contributed by atoms with van der Waals surface area (Å²) in [6, 6.07) is 18.0. The molecule has 28 heavy (non-hydrogen) atoms. The molecule has 0 atom stereocenters. The first-order chi connectivity index (χ1) is 13.7. The van der Waals surface area contributed by atoms with Crippen LogP contribution >= 0.6 is 0 Å². The second kappa shape index (κ2) is 8.09. The van der Waals surface area contributed by atoms with Crippen LogP contribution in [0.25, 0.3) is 21.9 Å². The van der Waals surface area contributed by atoms with E-state index in [9.17, 15) is 4.39 Å². The Bertz CT molecular complexity index is 1050. The molecule has 0 amide bonds. The molecule has 144 valence electrons. The Balaban J connectivity index is 1.51. The highest BCUT2D eigenvalue weighted by Crippen LogP contribution is 2.27. The fourth-order valence-corrected chi connectivity index (χ4v) is 3.77. The fourth-order valence-electron chi connectivity index (χ4n) is 3.77. The number of pyridine rings is 1. The summed E-state index contributed by atoms with van der Waals surface area (Å²) in [6.45, 7) is 2.86. The van der Waals surface area contributed by atoms with Crippen LogP contribution in [0, 0.1) is 5.82 Å². The van der Waals surface area contributed by atoms with Gasteiger partial charge < -0.3 is 14.8 Å². The maximum absolute atomic E-state index is 14.4. The van der Waals surface area contributed by atoms with E-state index in [-0.39, 0.29) is 5.82 Å². The summed E-state index contributed by atoms with van der Waals surface area (Å²) in [5.41, 5.74) is 3.87. The van der Waals surface area contributed by atoms with Crippen LogP contribution in [0.15, 0.2) is 60.8 Å². The molecule has 0 saturated heterocycles. The maximum Gasteiger partial charge on any atom is 0.140 e. The molecular weight excluding hydrogens is 351 g/mol. The summed E-state index contributed by atoms with van der Waals surface area (Å²) in [6.07, 6.45) is 1.84. The number of hydrogen-bond acceptors (Lipinski definition) is 3. The topological polar surface area (TPSA) is 33.1 Å². The lowest BCUT2D eigenvalue weighted by atomic mass is 10.1. The molecule has 1 N–H and O–H groups in total. The quantitative estimate of drug-likeness (QED) is 0.525. The van der Waals surface area contributed by atoms with E-state index in [1.54, 1.807) is 6.07 Å². The van der Waals surface area contributed by atoms with Crippen molar-refractivity contribution in [3.63, 3.8) is 0 Å². The highest BCUT2D eigenvalue weighted by Gasteiger charge is 2.12. The monoisotopic (exact) mass is 376 g/mol. The zero-order valence-electron chi connectivity index (χ0n) is 16.3. The van der Waals surface area contributed by atoms with E-state index < -0.39 is 0 Å². The molecule has 0 radical (unpaired) electrons.